The van der Waals surface area contributed by atoms with E-state index in [9.17, 15) is 9.59 Å². The number of halogens is 1. The first-order chi connectivity index (χ1) is 13.6. The minimum absolute atomic E-state index is 0.406. The Hall–Kier alpha value is -2.61. The molecule has 28 heavy (non-hydrogen) atoms. The molecule has 8 heteroatoms. The fourth-order valence-corrected chi connectivity index (χ4v) is 3.91. The molecule has 0 saturated carbocycles. The van der Waals surface area contributed by atoms with Crippen LogP contribution in [0.15, 0.2) is 53.2 Å². The molecule has 2 aromatic heterocycles. The highest BCUT2D eigenvalue weighted by Gasteiger charge is 2.17. The molecule has 3 rings (SSSR count). The second kappa shape index (κ2) is 9.54. The summed E-state index contributed by atoms with van der Waals surface area (Å²) < 4.78 is 10.4. The molecule has 2 heterocycles. The Labute approximate surface area is 175 Å². The zero-order valence-corrected chi connectivity index (χ0v) is 17.2. The molecular formula is C20H16ClNO4S2. The van der Waals surface area contributed by atoms with Crippen molar-refractivity contribution in [3.63, 3.8) is 0 Å². The average Bonchev–Trinajstić information content (AvgIpc) is 3.38. The van der Waals surface area contributed by atoms with Gasteiger partial charge in [-0.15, -0.1) is 22.7 Å². The highest BCUT2D eigenvalue weighted by Crippen LogP contribution is 2.28. The Morgan fingerprint density at radius 2 is 1.93 bits per heavy atom. The fourth-order valence-electron chi connectivity index (χ4n) is 2.35. The van der Waals surface area contributed by atoms with Gasteiger partial charge in [0.25, 0.3) is 5.91 Å². The van der Waals surface area contributed by atoms with Crippen molar-refractivity contribution < 1.29 is 19.1 Å². The fraction of sp³-hybridized carbons (Fsp3) is 0.100. The van der Waals surface area contributed by atoms with Gasteiger partial charge in [-0.05, 0) is 47.2 Å². The molecule has 0 spiro atoms. The number of esters is 1. The van der Waals surface area contributed by atoms with Crippen molar-refractivity contribution in [2.24, 2.45) is 0 Å². The van der Waals surface area contributed by atoms with Gasteiger partial charge in [0.05, 0.1) is 18.4 Å². The highest BCUT2D eigenvalue weighted by atomic mass is 35.5. The maximum absolute atomic E-state index is 12.6. The maximum Gasteiger partial charge on any atom is 0.340 e. The summed E-state index contributed by atoms with van der Waals surface area (Å²) in [6.07, 6.45) is 1.76. The minimum Gasteiger partial charge on any atom is -0.495 e. The molecule has 1 aromatic carbocycles. The second-order valence-electron chi connectivity index (χ2n) is 5.52. The first-order valence-corrected chi connectivity index (χ1v) is 10.3. The SMILES string of the molecule is COc1ccc(Cl)cc1NC(=O)COC(=O)C(=Cc1cccs1)c1cccs1. The predicted octanol–water partition coefficient (Wildman–Crippen LogP) is 5.19. The van der Waals surface area contributed by atoms with Gasteiger partial charge in [-0.25, -0.2) is 4.79 Å². The van der Waals surface area contributed by atoms with Gasteiger partial charge in [-0.2, -0.15) is 0 Å². The van der Waals surface area contributed by atoms with Crippen molar-refractivity contribution in [1.82, 2.24) is 0 Å². The van der Waals surface area contributed by atoms with Crippen LogP contribution in [0.4, 0.5) is 5.69 Å². The number of benzene rings is 1. The van der Waals surface area contributed by atoms with E-state index in [4.69, 9.17) is 21.1 Å². The normalized spacial score (nSPS) is 11.1. The van der Waals surface area contributed by atoms with E-state index in [2.05, 4.69) is 5.32 Å². The molecule has 0 radical (unpaired) electrons. The van der Waals surface area contributed by atoms with Crippen LogP contribution in [0.5, 0.6) is 5.75 Å². The van der Waals surface area contributed by atoms with Crippen molar-refractivity contribution >= 4 is 63.5 Å². The van der Waals surface area contributed by atoms with Crippen LogP contribution >= 0.6 is 34.3 Å². The van der Waals surface area contributed by atoms with Gasteiger partial charge in [0.15, 0.2) is 6.61 Å². The number of nitrogens with one attached hydrogen (secondary N) is 1. The van der Waals surface area contributed by atoms with E-state index in [0.29, 0.717) is 22.0 Å². The van der Waals surface area contributed by atoms with Gasteiger partial charge in [0, 0.05) is 14.8 Å². The molecule has 144 valence electrons. The van der Waals surface area contributed by atoms with E-state index in [1.54, 1.807) is 24.3 Å². The maximum atomic E-state index is 12.6. The van der Waals surface area contributed by atoms with E-state index >= 15 is 0 Å². The lowest BCUT2D eigenvalue weighted by Gasteiger charge is -2.11. The minimum atomic E-state index is -0.566. The summed E-state index contributed by atoms with van der Waals surface area (Å²) in [7, 11) is 1.49. The molecule has 0 atom stereocenters. The van der Waals surface area contributed by atoms with E-state index in [1.165, 1.54) is 29.8 Å². The third kappa shape index (κ3) is 5.22. The third-order valence-electron chi connectivity index (χ3n) is 3.61. The van der Waals surface area contributed by atoms with Crippen molar-refractivity contribution in [2.45, 2.75) is 0 Å². The lowest BCUT2D eigenvalue weighted by Crippen LogP contribution is -2.21. The van der Waals surface area contributed by atoms with Crippen molar-refractivity contribution in [3.05, 3.63) is 68.0 Å². The molecule has 0 unspecified atom stereocenters. The van der Waals surface area contributed by atoms with Crippen molar-refractivity contribution in [2.75, 3.05) is 19.0 Å². The number of hydrogen-bond acceptors (Lipinski definition) is 6. The monoisotopic (exact) mass is 433 g/mol. The summed E-state index contributed by atoms with van der Waals surface area (Å²) in [5.74, 6) is -0.597. The lowest BCUT2D eigenvalue weighted by molar-refractivity contribution is -0.141. The zero-order valence-electron chi connectivity index (χ0n) is 14.8. The van der Waals surface area contributed by atoms with E-state index in [0.717, 1.165) is 9.75 Å². The number of ether oxygens (including phenoxy) is 2. The molecule has 5 nitrogen and oxygen atoms in total. The van der Waals surface area contributed by atoms with Gasteiger partial charge in [0.2, 0.25) is 0 Å². The summed E-state index contributed by atoms with van der Waals surface area (Å²) in [4.78, 5) is 26.5. The molecule has 0 aliphatic rings. The van der Waals surface area contributed by atoms with Gasteiger partial charge in [-0.1, -0.05) is 23.7 Å². The number of thiophene rings is 2. The molecule has 0 aliphatic carbocycles. The Morgan fingerprint density at radius 3 is 2.61 bits per heavy atom. The van der Waals surface area contributed by atoms with Gasteiger partial charge in [-0.3, -0.25) is 4.79 Å². The van der Waals surface area contributed by atoms with Crippen LogP contribution in [0.25, 0.3) is 11.6 Å². The molecule has 0 saturated heterocycles. The molecule has 0 aliphatic heterocycles. The summed E-state index contributed by atoms with van der Waals surface area (Å²) in [6.45, 7) is -0.429. The number of hydrogen-bond donors (Lipinski definition) is 1. The van der Waals surface area contributed by atoms with Crippen molar-refractivity contribution in [3.8, 4) is 5.75 Å². The largest absolute Gasteiger partial charge is 0.495 e. The summed E-state index contributed by atoms with van der Waals surface area (Å²) in [5.41, 5.74) is 0.814. The number of anilines is 1. The first kappa shape index (κ1) is 20.1. The van der Waals surface area contributed by atoms with Gasteiger partial charge < -0.3 is 14.8 Å². The topological polar surface area (TPSA) is 64.6 Å². The summed E-state index contributed by atoms with van der Waals surface area (Å²) in [6, 6.07) is 12.4. The number of carbonyl (C=O) groups is 2. The average molecular weight is 434 g/mol. The molecule has 1 N–H and O–H groups in total. The standard InChI is InChI=1S/C20H16ClNO4S2/c1-25-17-7-6-13(21)10-16(17)22-19(23)12-26-20(24)15(18-5-3-9-28-18)11-14-4-2-8-27-14/h2-11H,12H2,1H3,(H,22,23). The summed E-state index contributed by atoms with van der Waals surface area (Å²) in [5, 5.41) is 6.89. The van der Waals surface area contributed by atoms with Crippen LogP contribution in [0.1, 0.15) is 9.75 Å². The highest BCUT2D eigenvalue weighted by molar-refractivity contribution is 7.12. The van der Waals surface area contributed by atoms with Crippen LogP contribution in [-0.2, 0) is 14.3 Å². The molecular weight excluding hydrogens is 418 g/mol. The number of rotatable bonds is 7. The number of amides is 1. The smallest absolute Gasteiger partial charge is 0.340 e. The molecule has 3 aromatic rings. The van der Waals surface area contributed by atoms with Gasteiger partial charge in [0.1, 0.15) is 5.75 Å². The van der Waals surface area contributed by atoms with Crippen LogP contribution in [0.2, 0.25) is 5.02 Å². The Bertz CT molecular complexity index is 982. The van der Waals surface area contributed by atoms with Crippen molar-refractivity contribution in [1.29, 1.82) is 0 Å². The van der Waals surface area contributed by atoms with Crippen LogP contribution in [-0.4, -0.2) is 25.6 Å². The molecule has 0 bridgehead atoms. The predicted molar refractivity (Wildman–Crippen MR) is 114 cm³/mol. The Kier molecular flexibility index (Phi) is 6.86. The number of methoxy groups -OCH3 is 1. The van der Waals surface area contributed by atoms with E-state index < -0.39 is 18.5 Å². The lowest BCUT2D eigenvalue weighted by atomic mass is 10.2. The first-order valence-electron chi connectivity index (χ1n) is 8.16. The van der Waals surface area contributed by atoms with Crippen LogP contribution < -0.4 is 10.1 Å². The van der Waals surface area contributed by atoms with Crippen LogP contribution in [0, 0.1) is 0 Å². The second-order valence-corrected chi connectivity index (χ2v) is 7.88. The molecule has 0 fully saturated rings. The Balaban J connectivity index is 1.68. The quantitative estimate of drug-likeness (QED) is 0.411. The number of carbonyl (C=O) groups excluding carboxylic acids is 2. The zero-order chi connectivity index (χ0) is 19.9. The Morgan fingerprint density at radius 1 is 1.14 bits per heavy atom. The van der Waals surface area contributed by atoms with E-state index in [-0.39, 0.29) is 0 Å². The molecule has 1 amide bonds. The van der Waals surface area contributed by atoms with Gasteiger partial charge >= 0.3 is 5.97 Å². The summed E-state index contributed by atoms with van der Waals surface area (Å²) >= 11 is 8.89. The third-order valence-corrected chi connectivity index (χ3v) is 5.56. The van der Waals surface area contributed by atoms with Crippen LogP contribution in [0.3, 0.4) is 0 Å². The van der Waals surface area contributed by atoms with E-state index in [1.807, 2.05) is 35.0 Å².